The number of aryl methyl sites for hydroxylation is 1. The topological polar surface area (TPSA) is 67.4 Å². The van der Waals surface area contributed by atoms with E-state index in [0.717, 1.165) is 24.1 Å². The van der Waals surface area contributed by atoms with Gasteiger partial charge in [0.1, 0.15) is 21.9 Å². The van der Waals surface area contributed by atoms with Gasteiger partial charge in [-0.15, -0.1) is 23.2 Å². The summed E-state index contributed by atoms with van der Waals surface area (Å²) in [5, 5.41) is 5.81. The zero-order valence-corrected chi connectivity index (χ0v) is 21.1. The van der Waals surface area contributed by atoms with Gasteiger partial charge in [-0.25, -0.2) is 8.78 Å². The van der Waals surface area contributed by atoms with Gasteiger partial charge < -0.3 is 15.4 Å². The van der Waals surface area contributed by atoms with Crippen molar-refractivity contribution in [3.8, 4) is 0 Å². The number of hydrogen-bond acceptors (Lipinski definition) is 3. The Morgan fingerprint density at radius 2 is 1.82 bits per heavy atom. The van der Waals surface area contributed by atoms with E-state index in [1.54, 1.807) is 6.07 Å². The highest BCUT2D eigenvalue weighted by Crippen LogP contribution is 2.53. The fourth-order valence-corrected chi connectivity index (χ4v) is 4.25. The van der Waals surface area contributed by atoms with Crippen LogP contribution in [0.15, 0.2) is 30.3 Å². The Hall–Kier alpha value is -1.64. The molecule has 1 aliphatic carbocycles. The average molecular weight is 554 g/mol. The quantitative estimate of drug-likeness (QED) is 0.401. The Labute approximate surface area is 216 Å². The Morgan fingerprint density at radius 3 is 2.38 bits per heavy atom. The number of carbonyl (C=O) groups is 2. The van der Waals surface area contributed by atoms with Crippen molar-refractivity contribution in [2.24, 2.45) is 5.92 Å². The first-order valence-corrected chi connectivity index (χ1v) is 12.1. The maximum absolute atomic E-state index is 14.4. The molecule has 4 rings (SSSR count). The molecule has 2 aromatic rings. The minimum atomic E-state index is -1.16. The van der Waals surface area contributed by atoms with Crippen molar-refractivity contribution in [1.82, 2.24) is 0 Å². The van der Waals surface area contributed by atoms with Crippen LogP contribution < -0.4 is 10.6 Å². The Balaban J connectivity index is 0.000000271. The zero-order valence-electron chi connectivity index (χ0n) is 18.1. The van der Waals surface area contributed by atoms with Crippen LogP contribution in [0.3, 0.4) is 0 Å². The van der Waals surface area contributed by atoms with Crippen molar-refractivity contribution in [2.45, 2.75) is 43.0 Å². The SMILES string of the molecule is CCc1cccc(Cl)c1Cl.O=C(Nc1c(F)ccc(NC(=O)C2CC2(Cl)Cl)c1F)C1CCCO1. The van der Waals surface area contributed by atoms with E-state index < -0.39 is 45.5 Å². The first-order chi connectivity index (χ1) is 16.0. The number of ether oxygens (including phenoxy) is 1. The van der Waals surface area contributed by atoms with Crippen LogP contribution in [0.4, 0.5) is 20.2 Å². The summed E-state index contributed by atoms with van der Waals surface area (Å²) in [6.07, 6.45) is 1.65. The smallest absolute Gasteiger partial charge is 0.253 e. The predicted octanol–water partition coefficient (Wildman–Crippen LogP) is 6.77. The number of nitrogens with one attached hydrogen (secondary N) is 2. The van der Waals surface area contributed by atoms with Gasteiger partial charge in [0.2, 0.25) is 5.91 Å². The van der Waals surface area contributed by atoms with Gasteiger partial charge in [0.15, 0.2) is 5.82 Å². The molecule has 34 heavy (non-hydrogen) atoms. The summed E-state index contributed by atoms with van der Waals surface area (Å²) in [4.78, 5) is 23.9. The summed E-state index contributed by atoms with van der Waals surface area (Å²) in [6, 6.07) is 7.70. The lowest BCUT2D eigenvalue weighted by molar-refractivity contribution is -0.124. The molecule has 0 radical (unpaired) electrons. The third-order valence-corrected chi connectivity index (χ3v) is 7.07. The minimum Gasteiger partial charge on any atom is -0.368 e. The van der Waals surface area contributed by atoms with Crippen LogP contribution in [0, 0.1) is 17.6 Å². The highest BCUT2D eigenvalue weighted by molar-refractivity contribution is 6.52. The molecule has 5 nitrogen and oxygen atoms in total. The number of amides is 2. The first kappa shape index (κ1) is 27.0. The van der Waals surface area contributed by atoms with E-state index in [4.69, 9.17) is 51.1 Å². The molecule has 2 unspecified atom stereocenters. The largest absolute Gasteiger partial charge is 0.368 e. The molecular weight excluding hydrogens is 532 g/mol. The van der Waals surface area contributed by atoms with Crippen molar-refractivity contribution in [3.63, 3.8) is 0 Å². The Kier molecular flexibility index (Phi) is 9.04. The third-order valence-electron chi connectivity index (χ3n) is 5.37. The Morgan fingerprint density at radius 1 is 1.12 bits per heavy atom. The summed E-state index contributed by atoms with van der Waals surface area (Å²) in [6.45, 7) is 2.48. The van der Waals surface area contributed by atoms with Gasteiger partial charge in [0, 0.05) is 6.61 Å². The van der Waals surface area contributed by atoms with Gasteiger partial charge in [-0.1, -0.05) is 42.3 Å². The molecule has 1 saturated carbocycles. The lowest BCUT2D eigenvalue weighted by Gasteiger charge is -2.14. The second-order valence-electron chi connectivity index (χ2n) is 7.85. The molecule has 184 valence electrons. The van der Waals surface area contributed by atoms with Crippen molar-refractivity contribution in [2.75, 3.05) is 17.2 Å². The normalized spacial score (nSPS) is 20.2. The molecular formula is C23H22Cl4F2N2O3. The van der Waals surface area contributed by atoms with E-state index in [2.05, 4.69) is 17.6 Å². The van der Waals surface area contributed by atoms with Crippen molar-refractivity contribution in [3.05, 3.63) is 57.6 Å². The molecule has 2 aliphatic rings. The van der Waals surface area contributed by atoms with Crippen molar-refractivity contribution in [1.29, 1.82) is 0 Å². The lowest BCUT2D eigenvalue weighted by Crippen LogP contribution is -2.28. The molecule has 0 bridgehead atoms. The maximum atomic E-state index is 14.4. The van der Waals surface area contributed by atoms with Crippen LogP contribution in [0.25, 0.3) is 0 Å². The molecule has 1 aliphatic heterocycles. The highest BCUT2D eigenvalue weighted by atomic mass is 35.5. The second-order valence-corrected chi connectivity index (χ2v) is 10.2. The van der Waals surface area contributed by atoms with Crippen molar-refractivity contribution >= 4 is 69.6 Å². The summed E-state index contributed by atoms with van der Waals surface area (Å²) >= 11 is 23.2. The summed E-state index contributed by atoms with van der Waals surface area (Å²) in [7, 11) is 0. The van der Waals surface area contributed by atoms with Crippen LogP contribution in [0.1, 0.15) is 31.7 Å². The molecule has 2 N–H and O–H groups in total. The van der Waals surface area contributed by atoms with E-state index in [0.29, 0.717) is 29.5 Å². The van der Waals surface area contributed by atoms with E-state index in [9.17, 15) is 18.4 Å². The Bertz CT molecular complexity index is 1080. The van der Waals surface area contributed by atoms with Gasteiger partial charge in [-0.3, -0.25) is 9.59 Å². The molecule has 1 heterocycles. The fraction of sp³-hybridized carbons (Fsp3) is 0.391. The highest BCUT2D eigenvalue weighted by Gasteiger charge is 2.56. The number of benzene rings is 2. The number of carbonyl (C=O) groups excluding carboxylic acids is 2. The van der Waals surface area contributed by atoms with E-state index in [1.165, 1.54) is 0 Å². The number of anilines is 2. The first-order valence-electron chi connectivity index (χ1n) is 10.6. The average Bonchev–Trinajstić information content (AvgIpc) is 3.17. The van der Waals surface area contributed by atoms with E-state index in [1.807, 2.05) is 12.1 Å². The van der Waals surface area contributed by atoms with Crippen LogP contribution in [0.2, 0.25) is 10.0 Å². The molecule has 1 saturated heterocycles. The van der Waals surface area contributed by atoms with Gasteiger partial charge in [0.05, 0.1) is 21.7 Å². The monoisotopic (exact) mass is 552 g/mol. The molecule has 2 atom stereocenters. The van der Waals surface area contributed by atoms with Gasteiger partial charge in [-0.2, -0.15) is 0 Å². The van der Waals surface area contributed by atoms with Crippen LogP contribution in [-0.2, 0) is 20.7 Å². The summed E-state index contributed by atoms with van der Waals surface area (Å²) in [5.74, 6) is -3.88. The number of hydrogen-bond donors (Lipinski definition) is 2. The fourth-order valence-electron chi connectivity index (χ4n) is 3.29. The zero-order chi connectivity index (χ0) is 25.0. The molecule has 2 fully saturated rings. The number of rotatable bonds is 5. The molecule has 2 amide bonds. The third kappa shape index (κ3) is 6.52. The summed E-state index contributed by atoms with van der Waals surface area (Å²) in [5.41, 5.74) is 0.210. The summed E-state index contributed by atoms with van der Waals surface area (Å²) < 4.78 is 32.3. The molecule has 0 spiro atoms. The van der Waals surface area contributed by atoms with Gasteiger partial charge in [0.25, 0.3) is 5.91 Å². The second kappa shape index (κ2) is 11.4. The van der Waals surface area contributed by atoms with E-state index in [-0.39, 0.29) is 12.1 Å². The number of alkyl halides is 2. The molecule has 0 aromatic heterocycles. The van der Waals surface area contributed by atoms with Crippen molar-refractivity contribution < 1.29 is 23.1 Å². The van der Waals surface area contributed by atoms with E-state index >= 15 is 0 Å². The van der Waals surface area contributed by atoms with Crippen LogP contribution >= 0.6 is 46.4 Å². The minimum absolute atomic E-state index is 0.257. The van der Waals surface area contributed by atoms with Gasteiger partial charge >= 0.3 is 0 Å². The molecule has 11 heteroatoms. The van der Waals surface area contributed by atoms with Crippen LogP contribution in [-0.4, -0.2) is 28.9 Å². The molecule has 2 aromatic carbocycles. The predicted molar refractivity (Wildman–Crippen MR) is 131 cm³/mol. The maximum Gasteiger partial charge on any atom is 0.253 e. The van der Waals surface area contributed by atoms with Crippen LogP contribution in [0.5, 0.6) is 0 Å². The number of halogens is 6. The lowest BCUT2D eigenvalue weighted by atomic mass is 10.2. The van der Waals surface area contributed by atoms with Gasteiger partial charge in [-0.05, 0) is 49.4 Å². The standard InChI is InChI=1S/C15H14Cl2F2N2O3.C8H8Cl2/c16-15(17)6-7(15)13(22)20-9-4-3-8(18)12(11(9)19)21-14(23)10-2-1-5-24-10;1-2-6-4-3-5-7(9)8(6)10/h3-4,7,10H,1-2,5-6H2,(H,20,22)(H,21,23);3-5H,2H2,1H3.